The summed E-state index contributed by atoms with van der Waals surface area (Å²) in [6, 6.07) is 0. The number of unbranched alkanes of at least 4 members (excludes halogenated alkanes) is 1. The van der Waals surface area contributed by atoms with Crippen LogP contribution in [0.5, 0.6) is 0 Å². The van der Waals surface area contributed by atoms with Gasteiger partial charge in [0.05, 0.1) is 10.9 Å². The predicted octanol–water partition coefficient (Wildman–Crippen LogP) is 2.93. The summed E-state index contributed by atoms with van der Waals surface area (Å²) in [7, 11) is 0. The molecule has 3 N–H and O–H groups in total. The molecule has 0 bridgehead atoms. The fraction of sp³-hybridized carbons (Fsp3) is 0.846. The lowest BCUT2D eigenvalue weighted by molar-refractivity contribution is -0.184. The Kier molecular flexibility index (Phi) is 6.71. The van der Waals surface area contributed by atoms with E-state index in [1.165, 1.54) is 0 Å². The molecule has 0 radical (unpaired) electrons. The second kappa shape index (κ2) is 7.81. The standard InChI is InChI=1S/C13H21F3N2OS/c14-13(15,16)10-6-4-9(5-7-10)12(19)18-8-2-1-3-11(17)20/h9-10H,1-8H2,(H2,17,20)(H,18,19). The SMILES string of the molecule is NC(=S)CCCCNC(=O)C1CCC(C(F)(F)F)CC1. The molecule has 0 spiro atoms. The van der Waals surface area contributed by atoms with Crippen molar-refractivity contribution in [2.75, 3.05) is 6.54 Å². The van der Waals surface area contributed by atoms with E-state index in [1.54, 1.807) is 0 Å². The van der Waals surface area contributed by atoms with Crippen LogP contribution >= 0.6 is 12.2 Å². The maximum atomic E-state index is 12.5. The van der Waals surface area contributed by atoms with Crippen molar-refractivity contribution in [1.82, 2.24) is 5.32 Å². The van der Waals surface area contributed by atoms with Crippen LogP contribution in [0, 0.1) is 11.8 Å². The van der Waals surface area contributed by atoms with Crippen LogP contribution < -0.4 is 11.1 Å². The Bertz CT molecular complexity index is 339. The summed E-state index contributed by atoms with van der Waals surface area (Å²) in [6.45, 7) is 0.528. The van der Waals surface area contributed by atoms with Gasteiger partial charge in [-0.3, -0.25) is 4.79 Å². The van der Waals surface area contributed by atoms with Gasteiger partial charge >= 0.3 is 6.18 Å². The Morgan fingerprint density at radius 2 is 1.80 bits per heavy atom. The van der Waals surface area contributed by atoms with Crippen molar-refractivity contribution in [3.05, 3.63) is 0 Å². The average molecular weight is 310 g/mol. The third kappa shape index (κ3) is 6.07. The molecule has 0 aromatic heterocycles. The van der Waals surface area contributed by atoms with Crippen LogP contribution in [-0.2, 0) is 4.79 Å². The van der Waals surface area contributed by atoms with E-state index in [9.17, 15) is 18.0 Å². The molecule has 0 atom stereocenters. The third-order valence-corrected chi connectivity index (χ3v) is 3.91. The second-order valence-corrected chi connectivity index (χ2v) is 5.83. The molecule has 1 rings (SSSR count). The van der Waals surface area contributed by atoms with Crippen molar-refractivity contribution < 1.29 is 18.0 Å². The van der Waals surface area contributed by atoms with Crippen molar-refractivity contribution in [1.29, 1.82) is 0 Å². The highest BCUT2D eigenvalue weighted by atomic mass is 32.1. The molecule has 3 nitrogen and oxygen atoms in total. The van der Waals surface area contributed by atoms with E-state index in [1.807, 2.05) is 0 Å². The number of carbonyl (C=O) groups is 1. The van der Waals surface area contributed by atoms with Crippen LogP contribution in [0.2, 0.25) is 0 Å². The predicted molar refractivity (Wildman–Crippen MR) is 75.1 cm³/mol. The molecule has 116 valence electrons. The van der Waals surface area contributed by atoms with E-state index in [4.69, 9.17) is 18.0 Å². The highest BCUT2D eigenvalue weighted by Crippen LogP contribution is 2.39. The molecule has 1 amide bonds. The van der Waals surface area contributed by atoms with Crippen molar-refractivity contribution >= 4 is 23.1 Å². The Morgan fingerprint density at radius 1 is 1.20 bits per heavy atom. The summed E-state index contributed by atoms with van der Waals surface area (Å²) in [6.07, 6.45) is -1.11. The minimum Gasteiger partial charge on any atom is -0.393 e. The molecule has 0 unspecified atom stereocenters. The highest BCUT2D eigenvalue weighted by Gasteiger charge is 2.42. The van der Waals surface area contributed by atoms with E-state index in [-0.39, 0.29) is 24.7 Å². The van der Waals surface area contributed by atoms with Crippen molar-refractivity contribution in [3.63, 3.8) is 0 Å². The summed E-state index contributed by atoms with van der Waals surface area (Å²) >= 11 is 4.74. The monoisotopic (exact) mass is 310 g/mol. The van der Waals surface area contributed by atoms with Gasteiger partial charge in [0.1, 0.15) is 0 Å². The first-order valence-electron chi connectivity index (χ1n) is 6.93. The molecule has 1 aliphatic rings. The molecule has 0 aliphatic heterocycles. The molecule has 1 fully saturated rings. The zero-order valence-electron chi connectivity index (χ0n) is 11.3. The van der Waals surface area contributed by atoms with Crippen LogP contribution in [0.25, 0.3) is 0 Å². The zero-order chi connectivity index (χ0) is 15.2. The molecular formula is C13H21F3N2OS. The van der Waals surface area contributed by atoms with Crippen molar-refractivity contribution in [2.45, 2.75) is 51.1 Å². The number of carbonyl (C=O) groups excluding carboxylic acids is 1. The summed E-state index contributed by atoms with van der Waals surface area (Å²) in [5.41, 5.74) is 5.35. The van der Waals surface area contributed by atoms with Crippen LogP contribution in [0.15, 0.2) is 0 Å². The normalized spacial score (nSPS) is 23.4. The minimum absolute atomic E-state index is 0.0586. The summed E-state index contributed by atoms with van der Waals surface area (Å²) in [5, 5.41) is 2.78. The molecule has 0 aromatic rings. The lowest BCUT2D eigenvalue weighted by Gasteiger charge is -2.29. The minimum atomic E-state index is -4.12. The van der Waals surface area contributed by atoms with Gasteiger partial charge in [0.2, 0.25) is 5.91 Å². The molecule has 1 saturated carbocycles. The molecule has 1 aliphatic carbocycles. The van der Waals surface area contributed by atoms with Gasteiger partial charge in [-0.15, -0.1) is 0 Å². The number of alkyl halides is 3. The van der Waals surface area contributed by atoms with E-state index >= 15 is 0 Å². The Morgan fingerprint density at radius 3 is 2.30 bits per heavy atom. The first-order valence-corrected chi connectivity index (χ1v) is 7.34. The summed E-state index contributed by atoms with van der Waals surface area (Å²) in [5.74, 6) is -1.64. The first kappa shape index (κ1) is 17.2. The maximum Gasteiger partial charge on any atom is 0.391 e. The van der Waals surface area contributed by atoms with E-state index in [2.05, 4.69) is 5.32 Å². The largest absolute Gasteiger partial charge is 0.393 e. The number of thiocarbonyl (C=S) groups is 1. The summed E-state index contributed by atoms with van der Waals surface area (Å²) < 4.78 is 37.5. The van der Waals surface area contributed by atoms with Crippen molar-refractivity contribution in [3.8, 4) is 0 Å². The average Bonchev–Trinajstić information content (AvgIpc) is 2.37. The third-order valence-electron chi connectivity index (χ3n) is 3.71. The van der Waals surface area contributed by atoms with Gasteiger partial charge in [-0.05, 0) is 44.9 Å². The molecule has 7 heteroatoms. The van der Waals surface area contributed by atoms with E-state index in [0.717, 1.165) is 12.8 Å². The van der Waals surface area contributed by atoms with Gasteiger partial charge in [-0.25, -0.2) is 0 Å². The summed E-state index contributed by atoms with van der Waals surface area (Å²) in [4.78, 5) is 12.3. The lowest BCUT2D eigenvalue weighted by atomic mass is 9.81. The van der Waals surface area contributed by atoms with Gasteiger partial charge in [0, 0.05) is 12.5 Å². The van der Waals surface area contributed by atoms with Gasteiger partial charge < -0.3 is 11.1 Å². The van der Waals surface area contributed by atoms with Crippen LogP contribution in [-0.4, -0.2) is 23.6 Å². The van der Waals surface area contributed by atoms with Gasteiger partial charge in [-0.2, -0.15) is 13.2 Å². The van der Waals surface area contributed by atoms with Crippen LogP contribution in [0.4, 0.5) is 13.2 Å². The molecule has 0 heterocycles. The van der Waals surface area contributed by atoms with Crippen LogP contribution in [0.1, 0.15) is 44.9 Å². The number of rotatable bonds is 6. The quantitative estimate of drug-likeness (QED) is 0.586. The van der Waals surface area contributed by atoms with E-state index < -0.39 is 12.1 Å². The van der Waals surface area contributed by atoms with Crippen LogP contribution in [0.3, 0.4) is 0 Å². The smallest absolute Gasteiger partial charge is 0.391 e. The number of halogens is 3. The zero-order valence-corrected chi connectivity index (χ0v) is 12.2. The fourth-order valence-electron chi connectivity index (χ4n) is 2.46. The molecular weight excluding hydrogens is 289 g/mol. The second-order valence-electron chi connectivity index (χ2n) is 5.30. The van der Waals surface area contributed by atoms with Gasteiger partial charge in [0.15, 0.2) is 0 Å². The number of nitrogens with one attached hydrogen (secondary N) is 1. The Hall–Kier alpha value is -0.850. The first-order chi connectivity index (χ1) is 9.30. The molecule has 0 aromatic carbocycles. The molecule has 0 saturated heterocycles. The number of hydrogen-bond acceptors (Lipinski definition) is 2. The highest BCUT2D eigenvalue weighted by molar-refractivity contribution is 7.80. The fourth-order valence-corrected chi connectivity index (χ4v) is 2.61. The number of hydrogen-bond donors (Lipinski definition) is 2. The maximum absolute atomic E-state index is 12.5. The van der Waals surface area contributed by atoms with Crippen molar-refractivity contribution in [2.24, 2.45) is 17.6 Å². The number of nitrogens with two attached hydrogens (primary N) is 1. The lowest BCUT2D eigenvalue weighted by Crippen LogP contribution is -2.36. The van der Waals surface area contributed by atoms with Gasteiger partial charge in [-0.1, -0.05) is 12.2 Å². The Balaban J connectivity index is 2.18. The van der Waals surface area contributed by atoms with Gasteiger partial charge in [0.25, 0.3) is 0 Å². The number of amides is 1. The topological polar surface area (TPSA) is 55.1 Å². The van der Waals surface area contributed by atoms with E-state index in [0.29, 0.717) is 30.8 Å². The Labute approximate surface area is 122 Å². The molecule has 20 heavy (non-hydrogen) atoms.